The van der Waals surface area contributed by atoms with Crippen LogP contribution in [0.25, 0.3) is 0 Å². The first kappa shape index (κ1) is 24.1. The van der Waals surface area contributed by atoms with Gasteiger partial charge in [0.25, 0.3) is 0 Å². The van der Waals surface area contributed by atoms with Crippen molar-refractivity contribution in [3.8, 4) is 0 Å². The van der Waals surface area contributed by atoms with Gasteiger partial charge in [-0.2, -0.15) is 0 Å². The second kappa shape index (κ2) is 9.45. The predicted octanol–water partition coefficient (Wildman–Crippen LogP) is 3.52. The van der Waals surface area contributed by atoms with Crippen molar-refractivity contribution in [3.63, 3.8) is 0 Å². The molecule has 5 rings (SSSR count). The monoisotopic (exact) mass is 484 g/mol. The van der Waals surface area contributed by atoms with Crippen LogP contribution in [0, 0.1) is 23.2 Å². The molecule has 1 aromatic heterocycles. The third-order valence-electron chi connectivity index (χ3n) is 8.07. The molecule has 0 spiro atoms. The molecule has 3 aliphatic heterocycles. The highest BCUT2D eigenvalue weighted by Gasteiger charge is 2.64. The number of furan rings is 1. The molecule has 1 aromatic rings. The van der Waals surface area contributed by atoms with Crippen LogP contribution in [0.5, 0.6) is 0 Å². The van der Waals surface area contributed by atoms with Crippen LogP contribution >= 0.6 is 0 Å². The summed E-state index contributed by atoms with van der Waals surface area (Å²) < 4.78 is 17.6. The van der Waals surface area contributed by atoms with E-state index in [-0.39, 0.29) is 55.2 Å². The molecule has 0 aromatic carbocycles. The van der Waals surface area contributed by atoms with E-state index < -0.39 is 17.3 Å². The van der Waals surface area contributed by atoms with E-state index in [1.54, 1.807) is 17.2 Å². The smallest absolute Gasteiger partial charge is 0.320 e. The fourth-order valence-corrected chi connectivity index (χ4v) is 6.08. The Balaban J connectivity index is 1.59. The molecule has 4 heterocycles. The molecule has 1 aliphatic carbocycles. The zero-order valence-corrected chi connectivity index (χ0v) is 20.9. The molecule has 0 bridgehead atoms. The van der Waals surface area contributed by atoms with Crippen LogP contribution in [0.4, 0.5) is 0 Å². The Morgan fingerprint density at radius 2 is 1.97 bits per heavy atom. The van der Waals surface area contributed by atoms with Gasteiger partial charge in [0, 0.05) is 31.1 Å². The lowest BCUT2D eigenvalue weighted by molar-refractivity contribution is -0.182. The van der Waals surface area contributed by atoms with Crippen LogP contribution < -0.4 is 0 Å². The minimum Gasteiger partial charge on any atom is -0.468 e. The van der Waals surface area contributed by atoms with Gasteiger partial charge in [0.05, 0.1) is 32.1 Å². The number of amides is 2. The van der Waals surface area contributed by atoms with Gasteiger partial charge >= 0.3 is 5.97 Å². The van der Waals surface area contributed by atoms with Crippen molar-refractivity contribution in [1.82, 2.24) is 9.80 Å². The standard InChI is InChI=1S/C27H36N2O6/c1-17(2)21-14-22-27(26(32)33-3,24(35-21)18-8-9-18)15-19(13-23(30)28-10-4-5-11-28)25(31)29(22)16-20-7-6-12-34-20/h6-7,12,14,17-19,21,24H,4-5,8-11,13,15-16H2,1-3H3/t19-,21+,24+,27+/m0/s1. The van der Waals surface area contributed by atoms with Crippen molar-refractivity contribution in [2.24, 2.45) is 23.2 Å². The molecule has 1 saturated carbocycles. The van der Waals surface area contributed by atoms with Crippen LogP contribution in [-0.2, 0) is 30.4 Å². The minimum atomic E-state index is -1.13. The van der Waals surface area contributed by atoms with Gasteiger partial charge < -0.3 is 23.7 Å². The van der Waals surface area contributed by atoms with Gasteiger partial charge in [-0.1, -0.05) is 13.8 Å². The number of ether oxygens (including phenoxy) is 2. The number of piperidine rings is 1. The van der Waals surface area contributed by atoms with E-state index >= 15 is 0 Å². The van der Waals surface area contributed by atoms with Gasteiger partial charge in [-0.3, -0.25) is 14.4 Å². The zero-order valence-electron chi connectivity index (χ0n) is 20.9. The number of carbonyl (C=O) groups is 3. The van der Waals surface area contributed by atoms with Crippen molar-refractivity contribution in [2.45, 2.75) is 71.1 Å². The molecule has 35 heavy (non-hydrogen) atoms. The highest BCUT2D eigenvalue weighted by atomic mass is 16.5. The fourth-order valence-electron chi connectivity index (χ4n) is 6.08. The molecule has 2 saturated heterocycles. The Labute approximate surface area is 206 Å². The Bertz CT molecular complexity index is 991. The molecule has 2 amide bonds. The molecule has 4 atom stereocenters. The summed E-state index contributed by atoms with van der Waals surface area (Å²) in [5.74, 6) is -0.153. The molecule has 0 radical (unpaired) electrons. The number of hydrogen-bond acceptors (Lipinski definition) is 6. The van der Waals surface area contributed by atoms with E-state index in [0.717, 1.165) is 38.8 Å². The van der Waals surface area contributed by atoms with Gasteiger partial charge in [0.1, 0.15) is 11.2 Å². The van der Waals surface area contributed by atoms with Crippen LogP contribution in [0.1, 0.15) is 58.1 Å². The van der Waals surface area contributed by atoms with Gasteiger partial charge in [-0.05, 0) is 62.1 Å². The van der Waals surface area contributed by atoms with Gasteiger partial charge in [0.2, 0.25) is 11.8 Å². The summed E-state index contributed by atoms with van der Waals surface area (Å²) in [6.07, 6.45) is 7.16. The summed E-state index contributed by atoms with van der Waals surface area (Å²) in [5, 5.41) is 0. The lowest BCUT2D eigenvalue weighted by Gasteiger charge is -2.53. The van der Waals surface area contributed by atoms with Crippen LogP contribution in [-0.4, -0.2) is 60.0 Å². The molecular formula is C27H36N2O6. The van der Waals surface area contributed by atoms with E-state index in [4.69, 9.17) is 13.9 Å². The average Bonchev–Trinajstić information content (AvgIpc) is 3.30. The van der Waals surface area contributed by atoms with E-state index in [0.29, 0.717) is 11.5 Å². The SMILES string of the molecule is COC(=O)[C@]12C[C@H](CC(=O)N3CCCC3)C(=O)N(Cc3ccco3)C1=C[C@H](C(C)C)O[C@@H]2C1CC1. The average molecular weight is 485 g/mol. The summed E-state index contributed by atoms with van der Waals surface area (Å²) in [7, 11) is 1.39. The van der Waals surface area contributed by atoms with Crippen LogP contribution in [0.2, 0.25) is 0 Å². The molecule has 4 aliphatic rings. The van der Waals surface area contributed by atoms with Gasteiger partial charge in [0.15, 0.2) is 0 Å². The van der Waals surface area contributed by atoms with Crippen molar-refractivity contribution >= 4 is 17.8 Å². The largest absolute Gasteiger partial charge is 0.468 e. The maximum atomic E-state index is 14.0. The third kappa shape index (κ3) is 4.30. The van der Waals surface area contributed by atoms with E-state index in [1.165, 1.54) is 7.11 Å². The van der Waals surface area contributed by atoms with Crippen molar-refractivity contribution in [3.05, 3.63) is 35.9 Å². The first-order chi connectivity index (χ1) is 16.8. The number of esters is 1. The molecule has 0 unspecified atom stereocenters. The lowest BCUT2D eigenvalue weighted by atomic mass is 9.64. The normalized spacial score (nSPS) is 30.9. The number of hydrogen-bond donors (Lipinski definition) is 0. The van der Waals surface area contributed by atoms with Crippen LogP contribution in [0.3, 0.4) is 0 Å². The number of likely N-dealkylation sites (tertiary alicyclic amines) is 2. The van der Waals surface area contributed by atoms with E-state index in [2.05, 4.69) is 13.8 Å². The molecule has 3 fully saturated rings. The summed E-state index contributed by atoms with van der Waals surface area (Å²) in [6, 6.07) is 3.61. The first-order valence-corrected chi connectivity index (χ1v) is 12.9. The molecule has 190 valence electrons. The van der Waals surface area contributed by atoms with Crippen molar-refractivity contribution in [2.75, 3.05) is 20.2 Å². The minimum absolute atomic E-state index is 0.0222. The highest BCUT2D eigenvalue weighted by Crippen LogP contribution is 2.56. The fraction of sp³-hybridized carbons (Fsp3) is 0.667. The second-order valence-corrected chi connectivity index (χ2v) is 10.8. The maximum Gasteiger partial charge on any atom is 0.320 e. The Morgan fingerprint density at radius 3 is 2.57 bits per heavy atom. The number of methoxy groups -OCH3 is 1. The van der Waals surface area contributed by atoms with E-state index in [9.17, 15) is 14.4 Å². The van der Waals surface area contributed by atoms with Gasteiger partial charge in [-0.15, -0.1) is 0 Å². The summed E-state index contributed by atoms with van der Waals surface area (Å²) >= 11 is 0. The van der Waals surface area contributed by atoms with Crippen LogP contribution in [0.15, 0.2) is 34.6 Å². The topological polar surface area (TPSA) is 89.3 Å². The lowest BCUT2D eigenvalue weighted by Crippen LogP contribution is -2.61. The number of rotatable bonds is 7. The molecule has 8 heteroatoms. The third-order valence-corrected chi connectivity index (χ3v) is 8.07. The van der Waals surface area contributed by atoms with E-state index in [1.807, 2.05) is 17.0 Å². The number of carbonyl (C=O) groups excluding carboxylic acids is 3. The Hall–Kier alpha value is -2.61. The Morgan fingerprint density at radius 1 is 1.23 bits per heavy atom. The summed E-state index contributed by atoms with van der Waals surface area (Å²) in [4.78, 5) is 44.3. The summed E-state index contributed by atoms with van der Waals surface area (Å²) in [5.41, 5.74) is -0.477. The summed E-state index contributed by atoms with van der Waals surface area (Å²) in [6.45, 7) is 5.82. The van der Waals surface area contributed by atoms with Crippen molar-refractivity contribution < 1.29 is 28.3 Å². The second-order valence-electron chi connectivity index (χ2n) is 10.8. The number of fused-ring (bicyclic) bond motifs is 1. The molecule has 0 N–H and O–H groups in total. The Kier molecular flexibility index (Phi) is 6.51. The van der Waals surface area contributed by atoms with Gasteiger partial charge in [-0.25, -0.2) is 0 Å². The quantitative estimate of drug-likeness (QED) is 0.550. The highest BCUT2D eigenvalue weighted by molar-refractivity contribution is 5.92. The first-order valence-electron chi connectivity index (χ1n) is 12.9. The molecular weight excluding hydrogens is 448 g/mol. The predicted molar refractivity (Wildman–Crippen MR) is 127 cm³/mol. The zero-order chi connectivity index (χ0) is 24.7. The maximum absolute atomic E-state index is 14.0. The molecule has 8 nitrogen and oxygen atoms in total. The van der Waals surface area contributed by atoms with Crippen molar-refractivity contribution in [1.29, 1.82) is 0 Å². The number of nitrogens with zero attached hydrogens (tertiary/aromatic N) is 2.